The molecule has 7 heteroatoms. The van der Waals surface area contributed by atoms with E-state index in [9.17, 15) is 17.6 Å². The van der Waals surface area contributed by atoms with Crippen molar-refractivity contribution in [3.05, 3.63) is 51.7 Å². The first-order valence-electron chi connectivity index (χ1n) is 5.85. The molecule has 0 aliphatic carbocycles. The molecule has 2 rings (SSSR count). The lowest BCUT2D eigenvalue weighted by Gasteiger charge is -2.14. The third kappa shape index (κ3) is 3.55. The van der Waals surface area contributed by atoms with Crippen molar-refractivity contribution in [2.45, 2.75) is 18.6 Å². The lowest BCUT2D eigenvalue weighted by Crippen LogP contribution is -2.17. The van der Waals surface area contributed by atoms with Gasteiger partial charge in [0.05, 0.1) is 0 Å². The summed E-state index contributed by atoms with van der Waals surface area (Å²) in [6.07, 6.45) is -2.72. The summed E-state index contributed by atoms with van der Waals surface area (Å²) in [5.41, 5.74) is 0.840. The molecule has 1 aromatic heterocycles. The van der Waals surface area contributed by atoms with E-state index in [2.05, 4.69) is 10.3 Å². The standard InChI is InChI=1S/C13H12F4N2S/c1-18-10(6-8-2-4-9(14)5-3-8)11-7-19-12(20-11)13(15,16)17/h2-5,7,10,18H,6H2,1H3. The summed E-state index contributed by atoms with van der Waals surface area (Å²) in [4.78, 5) is 3.91. The third-order valence-electron chi connectivity index (χ3n) is 2.81. The first kappa shape index (κ1) is 14.9. The van der Waals surface area contributed by atoms with E-state index in [1.807, 2.05) is 0 Å². The van der Waals surface area contributed by atoms with E-state index in [-0.39, 0.29) is 11.9 Å². The zero-order valence-electron chi connectivity index (χ0n) is 10.5. The summed E-state index contributed by atoms with van der Waals surface area (Å²) in [5, 5.41) is 2.10. The van der Waals surface area contributed by atoms with Crippen LogP contribution in [0.15, 0.2) is 30.5 Å². The van der Waals surface area contributed by atoms with Crippen LogP contribution in [0.2, 0.25) is 0 Å². The predicted octanol–water partition coefficient (Wildman–Crippen LogP) is 3.80. The van der Waals surface area contributed by atoms with Crippen molar-refractivity contribution in [3.8, 4) is 0 Å². The number of halogens is 4. The molecule has 20 heavy (non-hydrogen) atoms. The van der Waals surface area contributed by atoms with Gasteiger partial charge in [-0.05, 0) is 31.2 Å². The molecule has 0 aliphatic heterocycles. The van der Waals surface area contributed by atoms with Crippen LogP contribution in [0.25, 0.3) is 0 Å². The lowest BCUT2D eigenvalue weighted by molar-refractivity contribution is -0.137. The zero-order valence-corrected chi connectivity index (χ0v) is 11.4. The van der Waals surface area contributed by atoms with Crippen LogP contribution >= 0.6 is 11.3 Å². The second kappa shape index (κ2) is 5.88. The molecule has 0 aliphatic rings. The summed E-state index contributed by atoms with van der Waals surface area (Å²) in [6.45, 7) is 0. The highest BCUT2D eigenvalue weighted by Gasteiger charge is 2.35. The van der Waals surface area contributed by atoms with Gasteiger partial charge < -0.3 is 5.32 Å². The van der Waals surface area contributed by atoms with Crippen molar-refractivity contribution >= 4 is 11.3 Å². The monoisotopic (exact) mass is 304 g/mol. The second-order valence-corrected chi connectivity index (χ2v) is 5.30. The summed E-state index contributed by atoms with van der Waals surface area (Å²) < 4.78 is 50.4. The normalized spacial score (nSPS) is 13.4. The SMILES string of the molecule is CNC(Cc1ccc(F)cc1)c1cnc(C(F)(F)F)s1. The van der Waals surface area contributed by atoms with Crippen LogP contribution in [0.3, 0.4) is 0 Å². The second-order valence-electron chi connectivity index (χ2n) is 4.24. The molecular weight excluding hydrogens is 292 g/mol. The summed E-state index contributed by atoms with van der Waals surface area (Å²) in [6, 6.07) is 5.61. The van der Waals surface area contributed by atoms with E-state index in [0.29, 0.717) is 22.6 Å². The van der Waals surface area contributed by atoms with Gasteiger partial charge in [0.1, 0.15) is 5.82 Å². The number of hydrogen-bond donors (Lipinski definition) is 1. The molecule has 1 N–H and O–H groups in total. The van der Waals surface area contributed by atoms with E-state index < -0.39 is 11.2 Å². The minimum atomic E-state index is -4.42. The van der Waals surface area contributed by atoms with Gasteiger partial charge >= 0.3 is 6.18 Å². The number of rotatable bonds is 4. The van der Waals surface area contributed by atoms with E-state index >= 15 is 0 Å². The number of benzene rings is 1. The molecule has 2 aromatic rings. The predicted molar refractivity (Wildman–Crippen MR) is 69.0 cm³/mol. The van der Waals surface area contributed by atoms with Crippen molar-refractivity contribution in [2.75, 3.05) is 7.05 Å². The fourth-order valence-corrected chi connectivity index (χ4v) is 2.67. The van der Waals surface area contributed by atoms with Gasteiger partial charge in [-0.3, -0.25) is 0 Å². The first-order valence-corrected chi connectivity index (χ1v) is 6.66. The maximum Gasteiger partial charge on any atom is 0.443 e. The minimum absolute atomic E-state index is 0.283. The zero-order chi connectivity index (χ0) is 14.8. The van der Waals surface area contributed by atoms with Crippen molar-refractivity contribution in [3.63, 3.8) is 0 Å². The topological polar surface area (TPSA) is 24.9 Å². The smallest absolute Gasteiger partial charge is 0.312 e. The van der Waals surface area contributed by atoms with Gasteiger partial charge in [0.2, 0.25) is 0 Å². The van der Waals surface area contributed by atoms with Gasteiger partial charge in [-0.25, -0.2) is 9.37 Å². The lowest BCUT2D eigenvalue weighted by atomic mass is 10.1. The number of likely N-dealkylation sites (N-methyl/N-ethyl adjacent to an activating group) is 1. The molecule has 0 bridgehead atoms. The number of nitrogens with zero attached hydrogens (tertiary/aromatic N) is 1. The van der Waals surface area contributed by atoms with Gasteiger partial charge in [-0.1, -0.05) is 12.1 Å². The van der Waals surface area contributed by atoms with Crippen LogP contribution in [-0.2, 0) is 12.6 Å². The van der Waals surface area contributed by atoms with Gasteiger partial charge in [0.25, 0.3) is 0 Å². The molecule has 1 atom stereocenters. The number of nitrogens with one attached hydrogen (secondary N) is 1. The number of thiazole rings is 1. The maximum absolute atomic E-state index is 12.8. The summed E-state index contributed by atoms with van der Waals surface area (Å²) in [7, 11) is 1.67. The number of hydrogen-bond acceptors (Lipinski definition) is 3. The van der Waals surface area contributed by atoms with Crippen molar-refractivity contribution in [2.24, 2.45) is 0 Å². The third-order valence-corrected chi connectivity index (χ3v) is 3.97. The molecule has 2 nitrogen and oxygen atoms in total. The van der Waals surface area contributed by atoms with Crippen LogP contribution in [-0.4, -0.2) is 12.0 Å². The molecule has 0 radical (unpaired) electrons. The van der Waals surface area contributed by atoms with E-state index in [1.165, 1.54) is 18.3 Å². The fourth-order valence-electron chi connectivity index (χ4n) is 1.78. The Labute approximate surface area is 117 Å². The molecule has 0 saturated heterocycles. The molecule has 0 spiro atoms. The largest absolute Gasteiger partial charge is 0.443 e. The van der Waals surface area contributed by atoms with Crippen LogP contribution in [0.5, 0.6) is 0 Å². The average Bonchev–Trinajstić information content (AvgIpc) is 2.87. The molecular formula is C13H12F4N2S. The van der Waals surface area contributed by atoms with Crippen LogP contribution in [0.4, 0.5) is 17.6 Å². The fraction of sp³-hybridized carbons (Fsp3) is 0.308. The van der Waals surface area contributed by atoms with Gasteiger partial charge in [0.15, 0.2) is 5.01 Å². The highest BCUT2D eigenvalue weighted by Crippen LogP contribution is 2.34. The van der Waals surface area contributed by atoms with Gasteiger partial charge in [-0.15, -0.1) is 11.3 Å². The van der Waals surface area contributed by atoms with Gasteiger partial charge in [-0.2, -0.15) is 13.2 Å². The first-order chi connectivity index (χ1) is 9.40. The molecule has 0 amide bonds. The van der Waals surface area contributed by atoms with Crippen molar-refractivity contribution in [1.29, 1.82) is 0 Å². The molecule has 0 fully saturated rings. The summed E-state index contributed by atoms with van der Waals surface area (Å²) >= 11 is 0.622. The summed E-state index contributed by atoms with van der Waals surface area (Å²) in [5.74, 6) is -0.341. The Kier molecular flexibility index (Phi) is 4.39. The van der Waals surface area contributed by atoms with E-state index in [4.69, 9.17) is 0 Å². The average molecular weight is 304 g/mol. The Morgan fingerprint density at radius 3 is 2.40 bits per heavy atom. The van der Waals surface area contributed by atoms with Gasteiger partial charge in [0, 0.05) is 17.1 Å². The minimum Gasteiger partial charge on any atom is -0.312 e. The maximum atomic E-state index is 12.8. The van der Waals surface area contributed by atoms with Crippen LogP contribution in [0, 0.1) is 5.82 Å². The van der Waals surface area contributed by atoms with E-state index in [0.717, 1.165) is 5.56 Å². The van der Waals surface area contributed by atoms with Crippen molar-refractivity contribution in [1.82, 2.24) is 10.3 Å². The Hall–Kier alpha value is -1.47. The highest BCUT2D eigenvalue weighted by atomic mass is 32.1. The Morgan fingerprint density at radius 2 is 1.90 bits per heavy atom. The van der Waals surface area contributed by atoms with Crippen LogP contribution < -0.4 is 5.32 Å². The molecule has 0 saturated carbocycles. The Balaban J connectivity index is 2.16. The Bertz CT molecular complexity index is 562. The number of alkyl halides is 3. The Morgan fingerprint density at radius 1 is 1.25 bits per heavy atom. The quantitative estimate of drug-likeness (QED) is 0.869. The molecule has 1 heterocycles. The van der Waals surface area contributed by atoms with Crippen molar-refractivity contribution < 1.29 is 17.6 Å². The number of aromatic nitrogens is 1. The van der Waals surface area contributed by atoms with Crippen LogP contribution in [0.1, 0.15) is 21.5 Å². The van der Waals surface area contributed by atoms with E-state index in [1.54, 1.807) is 19.2 Å². The highest BCUT2D eigenvalue weighted by molar-refractivity contribution is 7.11. The molecule has 108 valence electrons. The molecule has 1 aromatic carbocycles. The molecule has 1 unspecified atom stereocenters.